The van der Waals surface area contributed by atoms with Crippen molar-refractivity contribution in [2.75, 3.05) is 19.0 Å². The number of rotatable bonds is 16. The zero-order chi connectivity index (χ0) is 32.9. The molecule has 2 atom stereocenters. The number of aryl methyl sites for hydroxylation is 2. The number of nitrogens with zero attached hydrogens (tertiary/aromatic N) is 1. The molecule has 2 aromatic carbocycles. The monoisotopic (exact) mass is 610 g/mol. The average Bonchev–Trinajstić information content (AvgIpc) is 2.93. The van der Waals surface area contributed by atoms with Crippen LogP contribution in [0.15, 0.2) is 42.5 Å². The van der Waals surface area contributed by atoms with Gasteiger partial charge in [-0.1, -0.05) is 61.9 Å². The molecule has 2 rings (SSSR count). The molecule has 0 aliphatic rings. The van der Waals surface area contributed by atoms with Crippen molar-refractivity contribution in [3.8, 4) is 5.75 Å². The van der Waals surface area contributed by atoms with Crippen molar-refractivity contribution in [3.05, 3.63) is 59.2 Å². The molecule has 0 aromatic heterocycles. The van der Waals surface area contributed by atoms with E-state index in [0.29, 0.717) is 23.4 Å². The molecule has 0 saturated carbocycles. The fourth-order valence-electron chi connectivity index (χ4n) is 4.97. The topological polar surface area (TPSA) is 140 Å². The summed E-state index contributed by atoms with van der Waals surface area (Å²) < 4.78 is 10.7. The summed E-state index contributed by atoms with van der Waals surface area (Å²) in [6, 6.07) is 10.5. The van der Waals surface area contributed by atoms with E-state index in [1.54, 1.807) is 52.1 Å². The number of unbranched alkanes of at least 4 members (excludes halogenated alkanes) is 4. The van der Waals surface area contributed by atoms with Crippen LogP contribution in [-0.4, -0.2) is 54.0 Å². The Morgan fingerprint density at radius 3 is 2.09 bits per heavy atom. The predicted molar refractivity (Wildman–Crippen MR) is 172 cm³/mol. The zero-order valence-electron chi connectivity index (χ0n) is 27.3. The van der Waals surface area contributed by atoms with E-state index in [1.165, 1.54) is 4.90 Å². The van der Waals surface area contributed by atoms with E-state index in [-0.39, 0.29) is 19.4 Å². The van der Waals surface area contributed by atoms with Crippen LogP contribution in [-0.2, 0) is 19.1 Å². The van der Waals surface area contributed by atoms with Crippen LogP contribution in [0.4, 0.5) is 10.5 Å². The first-order chi connectivity index (χ1) is 20.7. The van der Waals surface area contributed by atoms with Gasteiger partial charge in [-0.25, -0.2) is 4.79 Å². The van der Waals surface area contributed by atoms with Crippen LogP contribution in [0.3, 0.4) is 0 Å². The van der Waals surface area contributed by atoms with Crippen molar-refractivity contribution in [3.63, 3.8) is 0 Å². The van der Waals surface area contributed by atoms with Crippen LogP contribution in [0, 0.1) is 13.8 Å². The lowest BCUT2D eigenvalue weighted by Gasteiger charge is -2.35. The Hall–Kier alpha value is -4.08. The molecule has 0 aliphatic heterocycles. The number of nitrogens with one attached hydrogen (secondary N) is 2. The molecule has 2 aromatic rings. The summed E-state index contributed by atoms with van der Waals surface area (Å²) in [4.78, 5) is 54.6. The summed E-state index contributed by atoms with van der Waals surface area (Å²) in [6.07, 6.45) is 3.66. The highest BCUT2D eigenvalue weighted by atomic mass is 16.6. The van der Waals surface area contributed by atoms with Crippen molar-refractivity contribution in [1.29, 1.82) is 0 Å². The van der Waals surface area contributed by atoms with Crippen LogP contribution in [0.1, 0.15) is 95.4 Å². The van der Waals surface area contributed by atoms with Gasteiger partial charge in [0.2, 0.25) is 11.8 Å². The highest BCUT2D eigenvalue weighted by Gasteiger charge is 2.36. The number of benzene rings is 2. The zero-order valence-corrected chi connectivity index (χ0v) is 27.3. The Kier molecular flexibility index (Phi) is 14.2. The molecule has 10 heteroatoms. The number of alkyl carbamates (subject to hydrolysis) is 1. The number of anilines is 1. The number of primary amides is 1. The van der Waals surface area contributed by atoms with Crippen molar-refractivity contribution < 1.29 is 28.7 Å². The smallest absolute Gasteiger partial charge is 0.408 e. The average molecular weight is 611 g/mol. The number of ether oxygens (including phenoxy) is 2. The summed E-state index contributed by atoms with van der Waals surface area (Å²) in [5.41, 5.74) is 7.69. The third-order valence-corrected chi connectivity index (χ3v) is 6.93. The van der Waals surface area contributed by atoms with Gasteiger partial charge in [-0.2, -0.15) is 0 Å². The first kappa shape index (κ1) is 36.1. The lowest BCUT2D eigenvalue weighted by molar-refractivity contribution is -0.141. The van der Waals surface area contributed by atoms with Gasteiger partial charge >= 0.3 is 6.09 Å². The number of hydrogen-bond acceptors (Lipinski definition) is 6. The van der Waals surface area contributed by atoms with E-state index in [0.717, 1.165) is 36.8 Å². The highest BCUT2D eigenvalue weighted by Crippen LogP contribution is 2.28. The summed E-state index contributed by atoms with van der Waals surface area (Å²) in [6.45, 7) is 11.4. The van der Waals surface area contributed by atoms with E-state index >= 15 is 0 Å². The second kappa shape index (κ2) is 17.3. The third kappa shape index (κ3) is 12.3. The van der Waals surface area contributed by atoms with E-state index in [9.17, 15) is 19.2 Å². The van der Waals surface area contributed by atoms with Crippen molar-refractivity contribution in [1.82, 2.24) is 10.2 Å². The van der Waals surface area contributed by atoms with E-state index in [1.807, 2.05) is 32.0 Å². The molecule has 44 heavy (non-hydrogen) atoms. The number of nitrogens with two attached hydrogens (primary N) is 1. The molecule has 0 spiro atoms. The summed E-state index contributed by atoms with van der Waals surface area (Å²) in [7, 11) is 1.56. The molecular weight excluding hydrogens is 560 g/mol. The number of methoxy groups -OCH3 is 1. The predicted octanol–water partition coefficient (Wildman–Crippen LogP) is 5.95. The molecule has 0 saturated heterocycles. The molecule has 4 amide bonds. The van der Waals surface area contributed by atoms with Crippen LogP contribution >= 0.6 is 0 Å². The minimum Gasteiger partial charge on any atom is -0.497 e. The van der Waals surface area contributed by atoms with Gasteiger partial charge in [-0.3, -0.25) is 14.4 Å². The number of carbonyl (C=O) groups excluding carboxylic acids is 4. The summed E-state index contributed by atoms with van der Waals surface area (Å²) >= 11 is 0. The Morgan fingerprint density at radius 2 is 1.55 bits per heavy atom. The third-order valence-electron chi connectivity index (χ3n) is 6.93. The fraction of sp³-hybridized carbons (Fsp3) is 0.529. The van der Waals surface area contributed by atoms with E-state index < -0.39 is 41.5 Å². The Morgan fingerprint density at radius 1 is 0.932 bits per heavy atom. The largest absolute Gasteiger partial charge is 0.497 e. The van der Waals surface area contributed by atoms with Gasteiger partial charge in [-0.15, -0.1) is 0 Å². The number of carbonyl (C=O) groups is 4. The lowest BCUT2D eigenvalue weighted by Crippen LogP contribution is -2.52. The van der Waals surface area contributed by atoms with Crippen LogP contribution in [0.2, 0.25) is 0 Å². The molecule has 0 fully saturated rings. The number of amides is 4. The second-order valence-electron chi connectivity index (χ2n) is 12.2. The van der Waals surface area contributed by atoms with Gasteiger partial charge in [0.1, 0.15) is 23.4 Å². The van der Waals surface area contributed by atoms with E-state index in [2.05, 4.69) is 17.6 Å². The molecule has 242 valence electrons. The lowest BCUT2D eigenvalue weighted by atomic mass is 9.97. The Balaban J connectivity index is 2.58. The molecular formula is C34H50N4O6. The van der Waals surface area contributed by atoms with Crippen LogP contribution in [0.5, 0.6) is 5.75 Å². The second-order valence-corrected chi connectivity index (χ2v) is 12.2. The standard InChI is InChI=1S/C34H50N4O6/c1-8-9-10-11-12-19-38(32(41)28(17-18-29(35)39)37-33(42)44-34(4,5)6)30(25-21-23(2)20-24(3)22-25)31(40)36-26-13-15-27(43-7)16-14-26/h13-16,20-22,28,30H,8-12,17-19H2,1-7H3,(H2,35,39)(H,36,40)(H,37,42). The maximum Gasteiger partial charge on any atom is 0.408 e. The van der Waals surface area contributed by atoms with Gasteiger partial charge < -0.3 is 30.7 Å². The normalized spacial score (nSPS) is 12.5. The molecule has 10 nitrogen and oxygen atoms in total. The van der Waals surface area contributed by atoms with Gasteiger partial charge in [-0.05, 0) is 77.3 Å². The SMILES string of the molecule is CCCCCCCN(C(=O)C(CCC(N)=O)NC(=O)OC(C)(C)C)C(C(=O)Nc1ccc(OC)cc1)c1cc(C)cc(C)c1. The minimum atomic E-state index is -1.14. The highest BCUT2D eigenvalue weighted by molar-refractivity contribution is 5.99. The minimum absolute atomic E-state index is 0.0423. The maximum absolute atomic E-state index is 14.4. The van der Waals surface area contributed by atoms with Crippen molar-refractivity contribution in [2.24, 2.45) is 5.73 Å². The fourth-order valence-corrected chi connectivity index (χ4v) is 4.97. The maximum atomic E-state index is 14.4. The molecule has 0 bridgehead atoms. The number of hydrogen-bond donors (Lipinski definition) is 3. The van der Waals surface area contributed by atoms with E-state index in [4.69, 9.17) is 15.2 Å². The van der Waals surface area contributed by atoms with Crippen LogP contribution in [0.25, 0.3) is 0 Å². The quantitative estimate of drug-likeness (QED) is 0.201. The molecule has 0 radical (unpaired) electrons. The molecule has 2 unspecified atom stereocenters. The summed E-state index contributed by atoms with van der Waals surface area (Å²) in [5.74, 6) is -0.874. The van der Waals surface area contributed by atoms with Gasteiger partial charge in [0, 0.05) is 18.7 Å². The van der Waals surface area contributed by atoms with Crippen molar-refractivity contribution in [2.45, 2.75) is 104 Å². The first-order valence-electron chi connectivity index (χ1n) is 15.4. The van der Waals surface area contributed by atoms with Gasteiger partial charge in [0.25, 0.3) is 5.91 Å². The Bertz CT molecular complexity index is 1240. The molecule has 0 heterocycles. The Labute approximate surface area is 262 Å². The van der Waals surface area contributed by atoms with Crippen LogP contribution < -0.4 is 21.1 Å². The van der Waals surface area contributed by atoms with Gasteiger partial charge in [0.15, 0.2) is 0 Å². The first-order valence-corrected chi connectivity index (χ1v) is 15.4. The van der Waals surface area contributed by atoms with Crippen molar-refractivity contribution >= 4 is 29.5 Å². The molecule has 0 aliphatic carbocycles. The molecule has 4 N–H and O–H groups in total. The summed E-state index contributed by atoms with van der Waals surface area (Å²) in [5, 5.41) is 5.61. The van der Waals surface area contributed by atoms with Gasteiger partial charge in [0.05, 0.1) is 7.11 Å².